The van der Waals surface area contributed by atoms with Crippen molar-refractivity contribution in [3.8, 4) is 0 Å². The number of hydrogen-bond acceptors (Lipinski definition) is 3. The Morgan fingerprint density at radius 3 is 2.12 bits per heavy atom. The average molecular weight is 373 g/mol. The second-order valence-electron chi connectivity index (χ2n) is 5.46. The van der Waals surface area contributed by atoms with Crippen LogP contribution < -0.4 is 4.72 Å². The Morgan fingerprint density at radius 1 is 0.960 bits per heavy atom. The molecule has 2 aromatic carbocycles. The molecule has 2 rings (SSSR count). The van der Waals surface area contributed by atoms with Gasteiger partial charge in [0.05, 0.1) is 10.5 Å². The van der Waals surface area contributed by atoms with Gasteiger partial charge in [0.1, 0.15) is 0 Å². The number of aliphatic hydroxyl groups excluding tert-OH is 1. The van der Waals surface area contributed by atoms with Crippen molar-refractivity contribution in [2.75, 3.05) is 13.2 Å². The van der Waals surface area contributed by atoms with E-state index in [1.165, 1.54) is 0 Å². The fourth-order valence-electron chi connectivity index (χ4n) is 2.25. The number of benzene rings is 2. The minimum Gasteiger partial charge on any atom is -0.396 e. The molecule has 2 aromatic rings. The van der Waals surface area contributed by atoms with Gasteiger partial charge in [-0.05, 0) is 42.2 Å². The number of aliphatic hydroxyl groups is 1. The van der Waals surface area contributed by atoms with E-state index >= 15 is 0 Å². The summed E-state index contributed by atoms with van der Waals surface area (Å²) < 4.78 is 64.6. The van der Waals surface area contributed by atoms with Crippen molar-refractivity contribution >= 4 is 10.0 Å². The summed E-state index contributed by atoms with van der Waals surface area (Å²) in [6.45, 7) is 0.119. The zero-order valence-electron chi connectivity index (χ0n) is 13.3. The molecular weight excluding hydrogens is 355 g/mol. The summed E-state index contributed by atoms with van der Waals surface area (Å²) >= 11 is 0. The number of nitrogens with one attached hydrogen (secondary N) is 1. The molecule has 0 aliphatic carbocycles. The molecule has 0 radical (unpaired) electrons. The van der Waals surface area contributed by atoms with E-state index in [9.17, 15) is 21.6 Å². The van der Waals surface area contributed by atoms with Crippen LogP contribution in [0.5, 0.6) is 0 Å². The van der Waals surface area contributed by atoms with Crippen LogP contribution in [-0.4, -0.2) is 26.7 Å². The topological polar surface area (TPSA) is 66.4 Å². The van der Waals surface area contributed by atoms with Crippen LogP contribution in [0.25, 0.3) is 0 Å². The third-order valence-electron chi connectivity index (χ3n) is 3.60. The van der Waals surface area contributed by atoms with Crippen molar-refractivity contribution < 1.29 is 26.7 Å². The zero-order chi connectivity index (χ0) is 18.5. The Bertz CT molecular complexity index is 803. The predicted octanol–water partition coefficient (Wildman–Crippen LogP) is 2.76. The van der Waals surface area contributed by atoms with Gasteiger partial charge in [0.25, 0.3) is 0 Å². The van der Waals surface area contributed by atoms with Gasteiger partial charge in [-0.15, -0.1) is 0 Å². The molecule has 0 saturated heterocycles. The third kappa shape index (κ3) is 5.55. The highest BCUT2D eigenvalue weighted by Crippen LogP contribution is 2.30. The van der Waals surface area contributed by atoms with Crippen molar-refractivity contribution in [3.63, 3.8) is 0 Å². The van der Waals surface area contributed by atoms with Crippen molar-refractivity contribution in [1.82, 2.24) is 4.72 Å². The molecule has 0 aromatic heterocycles. The maximum Gasteiger partial charge on any atom is 0.416 e. The number of rotatable bonds is 7. The highest BCUT2D eigenvalue weighted by Gasteiger charge is 2.31. The summed E-state index contributed by atoms with van der Waals surface area (Å²) in [7, 11) is -4.01. The monoisotopic (exact) mass is 373 g/mol. The van der Waals surface area contributed by atoms with Gasteiger partial charge < -0.3 is 5.11 Å². The molecule has 0 saturated carbocycles. The highest BCUT2D eigenvalue weighted by atomic mass is 32.2. The maximum atomic E-state index is 12.7. The van der Waals surface area contributed by atoms with Gasteiger partial charge in [0.2, 0.25) is 10.0 Å². The van der Waals surface area contributed by atoms with E-state index < -0.39 is 26.7 Å². The van der Waals surface area contributed by atoms with Gasteiger partial charge in [-0.2, -0.15) is 13.2 Å². The van der Waals surface area contributed by atoms with Crippen LogP contribution >= 0.6 is 0 Å². The minimum absolute atomic E-state index is 0.0517. The van der Waals surface area contributed by atoms with Gasteiger partial charge in [-0.3, -0.25) is 0 Å². The lowest BCUT2D eigenvalue weighted by atomic mass is 10.1. The second kappa shape index (κ2) is 7.99. The van der Waals surface area contributed by atoms with Crippen molar-refractivity contribution in [2.24, 2.45) is 0 Å². The summed E-state index contributed by atoms with van der Waals surface area (Å²) in [6.07, 6.45) is -3.65. The van der Waals surface area contributed by atoms with Crippen molar-refractivity contribution in [2.45, 2.75) is 23.9 Å². The van der Waals surface area contributed by atoms with Crippen molar-refractivity contribution in [3.05, 3.63) is 65.2 Å². The molecule has 8 heteroatoms. The van der Waals surface area contributed by atoms with Crippen LogP contribution in [0.15, 0.2) is 53.4 Å². The van der Waals surface area contributed by atoms with Crippen LogP contribution in [0.1, 0.15) is 16.7 Å². The van der Waals surface area contributed by atoms with E-state index in [1.807, 2.05) is 24.3 Å². The Balaban J connectivity index is 2.00. The summed E-state index contributed by atoms with van der Waals surface area (Å²) in [5, 5.41) is 8.85. The molecule has 2 N–H and O–H groups in total. The normalized spacial score (nSPS) is 12.3. The standard InChI is InChI=1S/C17H18F3NO3S/c18-17(19,20)15-2-1-3-16(12-15)25(23,24)21-10-8-13-4-6-14(7-5-13)9-11-22/h1-7,12,21-22H,8-11H2. The van der Waals surface area contributed by atoms with E-state index in [0.29, 0.717) is 18.9 Å². The Hall–Kier alpha value is -1.90. The zero-order valence-corrected chi connectivity index (χ0v) is 14.1. The molecule has 0 aliphatic rings. The first-order valence-electron chi connectivity index (χ1n) is 7.58. The third-order valence-corrected chi connectivity index (χ3v) is 5.06. The minimum atomic E-state index is -4.60. The average Bonchev–Trinajstić information content (AvgIpc) is 2.56. The quantitative estimate of drug-likeness (QED) is 0.784. The molecule has 0 fully saturated rings. The SMILES string of the molecule is O=S(=O)(NCCc1ccc(CCO)cc1)c1cccc(C(F)(F)F)c1. The first-order chi connectivity index (χ1) is 11.7. The highest BCUT2D eigenvalue weighted by molar-refractivity contribution is 7.89. The van der Waals surface area contributed by atoms with E-state index in [0.717, 1.165) is 29.3 Å². The molecule has 0 bridgehead atoms. The second-order valence-corrected chi connectivity index (χ2v) is 7.23. The van der Waals surface area contributed by atoms with Gasteiger partial charge in [0.15, 0.2) is 0 Å². The fourth-order valence-corrected chi connectivity index (χ4v) is 3.33. The lowest BCUT2D eigenvalue weighted by Gasteiger charge is -2.10. The van der Waals surface area contributed by atoms with Gasteiger partial charge >= 0.3 is 6.18 Å². The van der Waals surface area contributed by atoms with E-state index in [1.54, 1.807) is 0 Å². The summed E-state index contributed by atoms with van der Waals surface area (Å²) in [4.78, 5) is -0.416. The molecule has 0 amide bonds. The van der Waals surface area contributed by atoms with Gasteiger partial charge in [0, 0.05) is 13.2 Å². The largest absolute Gasteiger partial charge is 0.416 e. The maximum absolute atomic E-state index is 12.7. The first kappa shape index (κ1) is 19.4. The Labute approximate surface area is 144 Å². The Morgan fingerprint density at radius 2 is 1.56 bits per heavy atom. The van der Waals surface area contributed by atoms with Crippen LogP contribution in [-0.2, 0) is 29.0 Å². The molecule has 0 aliphatic heterocycles. The summed E-state index contributed by atoms with van der Waals surface area (Å²) in [5.41, 5.74) is 0.846. The predicted molar refractivity (Wildman–Crippen MR) is 87.6 cm³/mol. The number of hydrogen-bond donors (Lipinski definition) is 2. The molecule has 0 heterocycles. The molecule has 0 unspecified atom stereocenters. The molecule has 4 nitrogen and oxygen atoms in total. The molecule has 136 valence electrons. The number of sulfonamides is 1. The van der Waals surface area contributed by atoms with Crippen LogP contribution in [0.4, 0.5) is 13.2 Å². The molecular formula is C17H18F3NO3S. The lowest BCUT2D eigenvalue weighted by molar-refractivity contribution is -0.137. The van der Waals surface area contributed by atoms with Crippen LogP contribution in [0, 0.1) is 0 Å². The number of alkyl halides is 3. The first-order valence-corrected chi connectivity index (χ1v) is 9.06. The van der Waals surface area contributed by atoms with Crippen LogP contribution in [0.2, 0.25) is 0 Å². The van der Waals surface area contributed by atoms with Crippen molar-refractivity contribution in [1.29, 1.82) is 0 Å². The van der Waals surface area contributed by atoms with E-state index in [4.69, 9.17) is 5.11 Å². The van der Waals surface area contributed by atoms with Crippen LogP contribution in [0.3, 0.4) is 0 Å². The van der Waals surface area contributed by atoms with E-state index in [-0.39, 0.29) is 13.2 Å². The number of halogens is 3. The van der Waals surface area contributed by atoms with Gasteiger partial charge in [-0.25, -0.2) is 13.1 Å². The molecule has 0 spiro atoms. The van der Waals surface area contributed by atoms with Gasteiger partial charge in [-0.1, -0.05) is 30.3 Å². The Kier molecular flexibility index (Phi) is 6.21. The van der Waals surface area contributed by atoms with E-state index in [2.05, 4.69) is 4.72 Å². The smallest absolute Gasteiger partial charge is 0.396 e. The summed E-state index contributed by atoms with van der Waals surface area (Å²) in [5.74, 6) is 0. The summed E-state index contributed by atoms with van der Waals surface area (Å²) in [6, 6.07) is 11.0. The molecule has 25 heavy (non-hydrogen) atoms. The molecule has 0 atom stereocenters. The lowest BCUT2D eigenvalue weighted by Crippen LogP contribution is -2.26. The fraction of sp³-hybridized carbons (Fsp3) is 0.294.